The lowest BCUT2D eigenvalue weighted by Gasteiger charge is -2.31. The van der Waals surface area contributed by atoms with Crippen molar-refractivity contribution in [1.82, 2.24) is 0 Å². The summed E-state index contributed by atoms with van der Waals surface area (Å²) in [5, 5.41) is 4.97. The van der Waals surface area contributed by atoms with Gasteiger partial charge in [-0.25, -0.2) is 0 Å². The van der Waals surface area contributed by atoms with Gasteiger partial charge in [0.1, 0.15) is 0 Å². The maximum Gasteiger partial charge on any atom is 0.0546 e. The molecule has 1 aliphatic carbocycles. The van der Waals surface area contributed by atoms with Gasteiger partial charge < -0.3 is 4.90 Å². The fourth-order valence-corrected chi connectivity index (χ4v) is 7.85. The Morgan fingerprint density at radius 1 is 0.375 bits per heavy atom. The van der Waals surface area contributed by atoms with Gasteiger partial charge in [0.15, 0.2) is 0 Å². The lowest BCUT2D eigenvalue weighted by atomic mass is 9.82. The van der Waals surface area contributed by atoms with E-state index in [9.17, 15) is 0 Å². The summed E-state index contributed by atoms with van der Waals surface area (Å²) in [6.45, 7) is 4.73. The minimum atomic E-state index is -0.118. The minimum Gasteiger partial charge on any atom is -0.309 e. The van der Waals surface area contributed by atoms with Gasteiger partial charge in [0.25, 0.3) is 0 Å². The first-order valence-electron chi connectivity index (χ1n) is 16.8. The number of nitrogens with zero attached hydrogens (tertiary/aromatic N) is 1. The normalized spacial score (nSPS) is 13.0. The summed E-state index contributed by atoms with van der Waals surface area (Å²) in [5.41, 5.74) is 13.5. The molecule has 0 unspecified atom stereocenters. The van der Waals surface area contributed by atoms with Crippen molar-refractivity contribution in [2.75, 3.05) is 4.90 Å². The molecule has 0 bridgehead atoms. The van der Waals surface area contributed by atoms with Crippen molar-refractivity contribution in [3.05, 3.63) is 187 Å². The Morgan fingerprint density at radius 2 is 0.979 bits per heavy atom. The highest BCUT2D eigenvalue weighted by molar-refractivity contribution is 6.15. The van der Waals surface area contributed by atoms with E-state index >= 15 is 0 Å². The molecule has 0 fully saturated rings. The molecule has 0 aliphatic heterocycles. The van der Waals surface area contributed by atoms with Crippen LogP contribution in [0.5, 0.6) is 0 Å². The van der Waals surface area contributed by atoms with Gasteiger partial charge in [-0.05, 0) is 79.4 Å². The SMILES string of the molecule is CC1(C)c2ccccc2-c2ccc(N(c3cc(-c4ccccc4)ccc3-c3ccccc3)c3cc4ccccc4c4ccccc34)cc21. The van der Waals surface area contributed by atoms with E-state index in [1.807, 2.05) is 0 Å². The van der Waals surface area contributed by atoms with Gasteiger partial charge in [-0.3, -0.25) is 0 Å². The fourth-order valence-electron chi connectivity index (χ4n) is 7.85. The lowest BCUT2D eigenvalue weighted by molar-refractivity contribution is 0.660. The molecule has 0 atom stereocenters. The Bertz CT molecular complexity index is 2470. The highest BCUT2D eigenvalue weighted by atomic mass is 15.1. The van der Waals surface area contributed by atoms with Crippen LogP contribution < -0.4 is 4.90 Å². The average Bonchev–Trinajstić information content (AvgIpc) is 3.38. The second-order valence-corrected chi connectivity index (χ2v) is 13.4. The van der Waals surface area contributed by atoms with E-state index < -0.39 is 0 Å². The van der Waals surface area contributed by atoms with Crippen LogP contribution in [0, 0.1) is 0 Å². The highest BCUT2D eigenvalue weighted by Crippen LogP contribution is 2.52. The van der Waals surface area contributed by atoms with Crippen molar-refractivity contribution in [3.63, 3.8) is 0 Å². The first-order chi connectivity index (χ1) is 23.6. The second kappa shape index (κ2) is 11.1. The molecule has 1 nitrogen and oxygen atoms in total. The molecule has 48 heavy (non-hydrogen) atoms. The number of benzene rings is 8. The first kappa shape index (κ1) is 28.3. The quantitative estimate of drug-likeness (QED) is 0.175. The van der Waals surface area contributed by atoms with Crippen LogP contribution in [0.2, 0.25) is 0 Å². The second-order valence-electron chi connectivity index (χ2n) is 13.4. The topological polar surface area (TPSA) is 3.24 Å². The van der Waals surface area contributed by atoms with Crippen LogP contribution in [0.1, 0.15) is 25.0 Å². The van der Waals surface area contributed by atoms with Crippen LogP contribution in [0.15, 0.2) is 176 Å². The van der Waals surface area contributed by atoms with Crippen LogP contribution in [0.3, 0.4) is 0 Å². The average molecular weight is 614 g/mol. The zero-order valence-electron chi connectivity index (χ0n) is 27.2. The summed E-state index contributed by atoms with van der Waals surface area (Å²) in [5.74, 6) is 0. The molecular formula is C47H35N. The smallest absolute Gasteiger partial charge is 0.0546 e. The zero-order valence-corrected chi connectivity index (χ0v) is 27.2. The van der Waals surface area contributed by atoms with Crippen molar-refractivity contribution in [1.29, 1.82) is 0 Å². The predicted molar refractivity (Wildman–Crippen MR) is 205 cm³/mol. The van der Waals surface area contributed by atoms with E-state index in [1.54, 1.807) is 0 Å². The molecule has 0 heterocycles. The largest absolute Gasteiger partial charge is 0.309 e. The summed E-state index contributed by atoms with van der Waals surface area (Å²) >= 11 is 0. The lowest BCUT2D eigenvalue weighted by Crippen LogP contribution is -2.17. The summed E-state index contributed by atoms with van der Waals surface area (Å²) in [7, 11) is 0. The number of rotatable bonds is 5. The molecule has 0 aromatic heterocycles. The standard InChI is InChI=1S/C47H35N/c1-47(2)43-24-14-13-22-40(43)41-28-26-36(31-44(41)47)48(46-30-35-19-9-10-20-37(35)39-21-11-12-23-42(39)46)45-29-34(32-15-5-3-6-16-32)25-27-38(45)33-17-7-4-8-18-33/h3-31H,1-2H3. The van der Waals surface area contributed by atoms with E-state index in [1.165, 1.54) is 71.7 Å². The number of hydrogen-bond donors (Lipinski definition) is 0. The molecule has 0 spiro atoms. The van der Waals surface area contributed by atoms with Crippen LogP contribution in [-0.2, 0) is 5.41 Å². The Morgan fingerprint density at radius 3 is 1.77 bits per heavy atom. The molecule has 9 rings (SSSR count). The third kappa shape index (κ3) is 4.47. The zero-order chi connectivity index (χ0) is 32.2. The van der Waals surface area contributed by atoms with E-state index in [4.69, 9.17) is 0 Å². The van der Waals surface area contributed by atoms with Gasteiger partial charge in [0.2, 0.25) is 0 Å². The molecule has 0 N–H and O–H groups in total. The molecule has 228 valence electrons. The van der Waals surface area contributed by atoms with Crippen molar-refractivity contribution in [2.24, 2.45) is 0 Å². The Kier molecular flexibility index (Phi) is 6.55. The van der Waals surface area contributed by atoms with Crippen LogP contribution in [0.25, 0.3) is 54.9 Å². The van der Waals surface area contributed by atoms with Crippen molar-refractivity contribution in [2.45, 2.75) is 19.3 Å². The highest BCUT2D eigenvalue weighted by Gasteiger charge is 2.36. The molecule has 1 heteroatoms. The molecule has 0 amide bonds. The van der Waals surface area contributed by atoms with Crippen LogP contribution >= 0.6 is 0 Å². The molecule has 0 saturated carbocycles. The van der Waals surface area contributed by atoms with Gasteiger partial charge >= 0.3 is 0 Å². The number of hydrogen-bond acceptors (Lipinski definition) is 1. The summed E-state index contributed by atoms with van der Waals surface area (Å²) in [4.78, 5) is 2.52. The van der Waals surface area contributed by atoms with Crippen LogP contribution in [-0.4, -0.2) is 0 Å². The third-order valence-corrected chi connectivity index (χ3v) is 10.2. The van der Waals surface area contributed by atoms with Crippen molar-refractivity contribution >= 4 is 38.6 Å². The predicted octanol–water partition coefficient (Wildman–Crippen LogP) is 13.1. The van der Waals surface area contributed by atoms with E-state index in [-0.39, 0.29) is 5.41 Å². The van der Waals surface area contributed by atoms with Gasteiger partial charge in [-0.2, -0.15) is 0 Å². The summed E-state index contributed by atoms with van der Waals surface area (Å²) in [6.07, 6.45) is 0. The van der Waals surface area contributed by atoms with Gasteiger partial charge in [-0.1, -0.05) is 166 Å². The molecule has 0 radical (unpaired) electrons. The Balaban J connectivity index is 1.38. The maximum absolute atomic E-state index is 2.52. The van der Waals surface area contributed by atoms with Gasteiger partial charge in [-0.15, -0.1) is 0 Å². The first-order valence-corrected chi connectivity index (χ1v) is 16.8. The Labute approximate surface area is 282 Å². The molecular weight excluding hydrogens is 579 g/mol. The van der Waals surface area contributed by atoms with Crippen molar-refractivity contribution < 1.29 is 0 Å². The fraction of sp³-hybridized carbons (Fsp3) is 0.0638. The molecule has 1 aliphatic rings. The van der Waals surface area contributed by atoms with Crippen LogP contribution in [0.4, 0.5) is 17.1 Å². The molecule has 8 aromatic carbocycles. The summed E-state index contributed by atoms with van der Waals surface area (Å²) < 4.78 is 0. The number of anilines is 3. The minimum absolute atomic E-state index is 0.118. The van der Waals surface area contributed by atoms with E-state index in [0.29, 0.717) is 0 Å². The van der Waals surface area contributed by atoms with Gasteiger partial charge in [0, 0.05) is 22.1 Å². The van der Waals surface area contributed by atoms with Gasteiger partial charge in [0.05, 0.1) is 11.4 Å². The summed E-state index contributed by atoms with van der Waals surface area (Å²) in [6, 6.07) is 64.5. The third-order valence-electron chi connectivity index (χ3n) is 10.2. The molecule has 0 saturated heterocycles. The Hall–Kier alpha value is -5.92. The van der Waals surface area contributed by atoms with E-state index in [0.717, 1.165) is 11.4 Å². The number of fused-ring (bicyclic) bond motifs is 6. The van der Waals surface area contributed by atoms with Crippen molar-refractivity contribution in [3.8, 4) is 33.4 Å². The van der Waals surface area contributed by atoms with E-state index in [2.05, 4.69) is 195 Å². The monoisotopic (exact) mass is 613 g/mol. The maximum atomic E-state index is 2.52. The molecule has 8 aromatic rings.